The first kappa shape index (κ1) is 38.7. The smallest absolute Gasteiger partial charge is 0.407 e. The number of carbonyl (C=O) groups excluding carboxylic acids is 2. The number of likely N-dealkylation sites (tertiary alicyclic amines) is 1. The van der Waals surface area contributed by atoms with Gasteiger partial charge in [-0.3, -0.25) is 4.90 Å². The molecule has 3 atom stereocenters. The number of unbranched alkanes of at least 4 members (excludes halogenated alkanes) is 1. The van der Waals surface area contributed by atoms with Crippen LogP contribution in [0, 0.1) is 0 Å². The summed E-state index contributed by atoms with van der Waals surface area (Å²) in [4.78, 5) is 27.0. The summed E-state index contributed by atoms with van der Waals surface area (Å²) >= 11 is 0. The van der Waals surface area contributed by atoms with Crippen LogP contribution in [-0.2, 0) is 33.7 Å². The van der Waals surface area contributed by atoms with E-state index in [-0.39, 0.29) is 24.9 Å². The molecule has 2 fully saturated rings. The third-order valence-electron chi connectivity index (χ3n) is 9.70. The largest absolute Gasteiger partial charge is 0.493 e. The fraction of sp³-hybridized carbons (Fsp3) is 0.512. The molecule has 282 valence electrons. The van der Waals surface area contributed by atoms with Crippen molar-refractivity contribution >= 4 is 12.2 Å². The second-order valence-corrected chi connectivity index (χ2v) is 13.4. The average Bonchev–Trinajstić information content (AvgIpc) is 3.64. The van der Waals surface area contributed by atoms with Crippen molar-refractivity contribution in [2.24, 2.45) is 0 Å². The number of hydrogen-bond acceptors (Lipinski definition) is 9. The Morgan fingerprint density at radius 3 is 2.23 bits per heavy atom. The molecule has 3 aromatic carbocycles. The number of nitrogens with zero attached hydrogens (tertiary/aromatic N) is 1. The van der Waals surface area contributed by atoms with Crippen LogP contribution < -0.4 is 24.8 Å². The van der Waals surface area contributed by atoms with Gasteiger partial charge in [-0.05, 0) is 79.5 Å². The first-order chi connectivity index (χ1) is 25.5. The lowest BCUT2D eigenvalue weighted by Crippen LogP contribution is -2.46. The van der Waals surface area contributed by atoms with Crippen molar-refractivity contribution < 1.29 is 38.0 Å². The van der Waals surface area contributed by atoms with Crippen molar-refractivity contribution in [3.05, 3.63) is 89.5 Å². The molecule has 0 bridgehead atoms. The number of amides is 2. The molecule has 1 heterocycles. The highest BCUT2D eigenvalue weighted by Gasteiger charge is 2.36. The van der Waals surface area contributed by atoms with Gasteiger partial charge in [0.25, 0.3) is 0 Å². The number of methoxy groups -OCH3 is 2. The molecule has 52 heavy (non-hydrogen) atoms. The van der Waals surface area contributed by atoms with Crippen molar-refractivity contribution in [3.63, 3.8) is 0 Å². The summed E-state index contributed by atoms with van der Waals surface area (Å²) in [5.41, 5.74) is 3.33. The molecule has 0 spiro atoms. The fourth-order valence-corrected chi connectivity index (χ4v) is 6.83. The molecule has 0 radical (unpaired) electrons. The zero-order valence-corrected chi connectivity index (χ0v) is 30.7. The molecule has 2 N–H and O–H groups in total. The minimum Gasteiger partial charge on any atom is -0.493 e. The normalized spacial score (nSPS) is 18.7. The van der Waals surface area contributed by atoms with E-state index >= 15 is 0 Å². The topological polar surface area (TPSA) is 117 Å². The predicted octanol–water partition coefficient (Wildman–Crippen LogP) is 6.70. The van der Waals surface area contributed by atoms with Crippen molar-refractivity contribution in [2.75, 3.05) is 53.6 Å². The first-order valence-corrected chi connectivity index (χ1v) is 18.7. The van der Waals surface area contributed by atoms with Gasteiger partial charge in [0.1, 0.15) is 18.5 Å². The Morgan fingerprint density at radius 1 is 0.750 bits per heavy atom. The lowest BCUT2D eigenvalue weighted by Gasteiger charge is -2.37. The second-order valence-electron chi connectivity index (χ2n) is 13.4. The van der Waals surface area contributed by atoms with Crippen LogP contribution in [0.3, 0.4) is 0 Å². The van der Waals surface area contributed by atoms with Crippen LogP contribution >= 0.6 is 0 Å². The van der Waals surface area contributed by atoms with Crippen LogP contribution in [0.2, 0.25) is 0 Å². The van der Waals surface area contributed by atoms with E-state index in [0.717, 1.165) is 79.1 Å². The van der Waals surface area contributed by atoms with Crippen molar-refractivity contribution in [3.8, 4) is 17.2 Å². The summed E-state index contributed by atoms with van der Waals surface area (Å²) in [5.74, 6) is 2.25. The van der Waals surface area contributed by atoms with Crippen molar-refractivity contribution in [2.45, 2.75) is 82.6 Å². The first-order valence-electron chi connectivity index (χ1n) is 18.7. The number of rotatable bonds is 19. The summed E-state index contributed by atoms with van der Waals surface area (Å²) in [6.07, 6.45) is 7.41. The van der Waals surface area contributed by atoms with E-state index in [1.807, 2.05) is 66.7 Å². The van der Waals surface area contributed by atoms with E-state index in [1.165, 1.54) is 12.8 Å². The molecular formula is C41H55N3O8. The van der Waals surface area contributed by atoms with Gasteiger partial charge in [0.05, 0.1) is 33.5 Å². The van der Waals surface area contributed by atoms with E-state index in [9.17, 15) is 9.59 Å². The fourth-order valence-electron chi connectivity index (χ4n) is 6.83. The molecule has 1 saturated carbocycles. The molecule has 2 aliphatic rings. The molecule has 5 rings (SSSR count). The van der Waals surface area contributed by atoms with E-state index in [0.29, 0.717) is 45.2 Å². The summed E-state index contributed by atoms with van der Waals surface area (Å²) < 4.78 is 34.1. The number of nitrogens with one attached hydrogen (secondary N) is 2. The molecule has 1 aliphatic carbocycles. The third kappa shape index (κ3) is 12.6. The van der Waals surface area contributed by atoms with E-state index in [2.05, 4.69) is 21.6 Å². The maximum Gasteiger partial charge on any atom is 0.407 e. The monoisotopic (exact) mass is 717 g/mol. The Balaban J connectivity index is 0.886. The Kier molecular flexibility index (Phi) is 15.8. The molecule has 3 aromatic rings. The quantitative estimate of drug-likeness (QED) is 0.131. The highest BCUT2D eigenvalue weighted by molar-refractivity contribution is 5.67. The Morgan fingerprint density at radius 2 is 1.46 bits per heavy atom. The van der Waals surface area contributed by atoms with Crippen LogP contribution in [0.25, 0.3) is 0 Å². The highest BCUT2D eigenvalue weighted by atomic mass is 16.6. The number of ether oxygens (including phenoxy) is 6. The summed E-state index contributed by atoms with van der Waals surface area (Å²) in [7, 11) is 3.29. The zero-order chi connectivity index (χ0) is 36.4. The number of carbonyl (C=O) groups is 2. The van der Waals surface area contributed by atoms with E-state index in [4.69, 9.17) is 28.4 Å². The lowest BCUT2D eigenvalue weighted by atomic mass is 9.91. The Labute approximate surface area is 308 Å². The summed E-state index contributed by atoms with van der Waals surface area (Å²) in [5, 5.41) is 5.63. The van der Waals surface area contributed by atoms with Gasteiger partial charge in [0.2, 0.25) is 0 Å². The molecule has 1 unspecified atom stereocenters. The maximum atomic E-state index is 12.5. The second kappa shape index (κ2) is 21.1. The lowest BCUT2D eigenvalue weighted by molar-refractivity contribution is -0.0319. The number of alkyl carbamates (subject to hydrolysis) is 2. The molecule has 11 heteroatoms. The minimum absolute atomic E-state index is 0.128. The van der Waals surface area contributed by atoms with Gasteiger partial charge in [-0.25, -0.2) is 9.59 Å². The van der Waals surface area contributed by atoms with Crippen molar-refractivity contribution in [1.82, 2.24) is 15.5 Å². The van der Waals surface area contributed by atoms with Crippen molar-refractivity contribution in [1.29, 1.82) is 0 Å². The minimum atomic E-state index is -0.440. The van der Waals surface area contributed by atoms with E-state index in [1.54, 1.807) is 14.2 Å². The molecule has 11 nitrogen and oxygen atoms in total. The molecule has 0 aromatic heterocycles. The van der Waals surface area contributed by atoms with Crippen LogP contribution in [0.1, 0.15) is 61.6 Å². The van der Waals surface area contributed by atoms with Gasteiger partial charge in [-0.2, -0.15) is 0 Å². The maximum absolute atomic E-state index is 12.5. The Hall–Kier alpha value is -4.48. The van der Waals surface area contributed by atoms with Gasteiger partial charge in [-0.15, -0.1) is 0 Å². The van der Waals surface area contributed by atoms with Crippen LogP contribution in [0.4, 0.5) is 9.59 Å². The van der Waals surface area contributed by atoms with Gasteiger partial charge in [0, 0.05) is 38.6 Å². The molecule has 1 saturated heterocycles. The molecule has 2 amide bonds. The molecular weight excluding hydrogens is 662 g/mol. The average molecular weight is 718 g/mol. The van der Waals surface area contributed by atoms with Gasteiger partial charge < -0.3 is 39.1 Å². The van der Waals surface area contributed by atoms with Crippen LogP contribution in [0.15, 0.2) is 72.8 Å². The molecule has 1 aliphatic heterocycles. The predicted molar refractivity (Wildman–Crippen MR) is 199 cm³/mol. The van der Waals surface area contributed by atoms with Gasteiger partial charge in [-0.1, -0.05) is 61.4 Å². The van der Waals surface area contributed by atoms with Crippen LogP contribution in [0.5, 0.6) is 17.2 Å². The van der Waals surface area contributed by atoms with Gasteiger partial charge >= 0.3 is 12.2 Å². The number of benzene rings is 3. The Bertz CT molecular complexity index is 1510. The zero-order valence-electron chi connectivity index (χ0n) is 30.7. The van der Waals surface area contributed by atoms with Gasteiger partial charge in [0.15, 0.2) is 11.5 Å². The number of hydrogen-bond donors (Lipinski definition) is 2. The standard InChI is InChI=1S/C41H55N3O8/c1-47-38-19-16-32(28-39(38)48-2)22-26-49-37-13-7-6-12-36(37)44-25-20-35(29-44)52-41(46)43-24-9-8-23-42-40(45)50-27-21-31-14-17-34(18-15-31)51-30-33-10-4-3-5-11-33/h3-5,10-11,14-19,28,35-37H,6-9,12-13,20-27,29-30H2,1-2H3,(H,42,45)(H,43,46)/t35-,36?,37-/m1/s1. The van der Waals surface area contributed by atoms with E-state index < -0.39 is 6.09 Å². The van der Waals surface area contributed by atoms with Crippen LogP contribution in [-0.4, -0.2) is 88.9 Å². The summed E-state index contributed by atoms with van der Waals surface area (Å²) in [6, 6.07) is 24.2. The summed E-state index contributed by atoms with van der Waals surface area (Å²) in [6.45, 7) is 4.04. The SMILES string of the molecule is COc1ccc(CCO[C@@H]2CCCCC2N2CC[C@@H](OC(=O)NCCCCNC(=O)OCCc3ccc(OCc4ccccc4)cc3)C2)cc1OC. The highest BCUT2D eigenvalue weighted by Crippen LogP contribution is 2.30. The third-order valence-corrected chi connectivity index (χ3v) is 9.70.